The van der Waals surface area contributed by atoms with Crippen LogP contribution < -0.4 is 10.3 Å². The lowest BCUT2D eigenvalue weighted by Gasteiger charge is -2.14. The topological polar surface area (TPSA) is 44.1 Å². The molecule has 2 aromatic carbocycles. The fourth-order valence-corrected chi connectivity index (χ4v) is 6.60. The third-order valence-electron chi connectivity index (χ3n) is 5.60. The van der Waals surface area contributed by atoms with E-state index in [1.165, 1.54) is 28.6 Å². The van der Waals surface area contributed by atoms with Crippen LogP contribution in [-0.2, 0) is 18.6 Å². The SMILES string of the molecule is COc1ccc(-n2c(SCc3ccccc3Cl)nc3sc4c(c3c2=O)CCCC4)cc1. The summed E-state index contributed by atoms with van der Waals surface area (Å²) in [5, 5.41) is 2.19. The molecule has 0 radical (unpaired) electrons. The van der Waals surface area contributed by atoms with Gasteiger partial charge in [-0.1, -0.05) is 41.6 Å². The van der Waals surface area contributed by atoms with Gasteiger partial charge in [0.1, 0.15) is 10.6 Å². The first kappa shape index (κ1) is 20.6. The molecule has 4 nitrogen and oxygen atoms in total. The summed E-state index contributed by atoms with van der Waals surface area (Å²) in [7, 11) is 1.64. The van der Waals surface area contributed by atoms with Gasteiger partial charge in [-0.2, -0.15) is 0 Å². The highest BCUT2D eigenvalue weighted by Gasteiger charge is 2.23. The summed E-state index contributed by atoms with van der Waals surface area (Å²) in [6, 6.07) is 15.4. The van der Waals surface area contributed by atoms with Crippen LogP contribution in [0.25, 0.3) is 15.9 Å². The fourth-order valence-electron chi connectivity index (χ4n) is 4.00. The molecule has 0 atom stereocenters. The van der Waals surface area contributed by atoms with E-state index in [4.69, 9.17) is 21.3 Å². The maximum atomic E-state index is 13.8. The average Bonchev–Trinajstić information content (AvgIpc) is 3.17. The molecule has 1 aliphatic rings. The van der Waals surface area contributed by atoms with Crippen LogP contribution in [0.15, 0.2) is 58.5 Å². The number of methoxy groups -OCH3 is 1. The maximum Gasteiger partial charge on any atom is 0.267 e. The first-order valence-corrected chi connectivity index (χ1v) is 12.4. The number of benzene rings is 2. The Balaban J connectivity index is 1.66. The Morgan fingerprint density at radius 2 is 1.90 bits per heavy atom. The fraction of sp³-hybridized carbons (Fsp3) is 0.250. The van der Waals surface area contributed by atoms with Gasteiger partial charge in [-0.25, -0.2) is 4.98 Å². The van der Waals surface area contributed by atoms with Gasteiger partial charge in [0, 0.05) is 15.7 Å². The number of halogens is 1. The number of hydrogen-bond acceptors (Lipinski definition) is 5. The molecule has 0 spiro atoms. The van der Waals surface area contributed by atoms with E-state index in [-0.39, 0.29) is 5.56 Å². The van der Waals surface area contributed by atoms with Gasteiger partial charge in [0.15, 0.2) is 5.16 Å². The summed E-state index contributed by atoms with van der Waals surface area (Å²) in [5.74, 6) is 1.39. The Bertz CT molecular complexity index is 1310. The second kappa shape index (κ2) is 8.69. The molecule has 0 aliphatic heterocycles. The van der Waals surface area contributed by atoms with Crippen LogP contribution in [0.3, 0.4) is 0 Å². The van der Waals surface area contributed by atoms with Crippen LogP contribution in [0.5, 0.6) is 5.75 Å². The van der Waals surface area contributed by atoms with Crippen molar-refractivity contribution >= 4 is 44.9 Å². The Morgan fingerprint density at radius 1 is 1.13 bits per heavy atom. The molecule has 5 rings (SSSR count). The number of hydrogen-bond donors (Lipinski definition) is 0. The molecule has 4 aromatic rings. The zero-order chi connectivity index (χ0) is 21.4. The average molecular weight is 469 g/mol. The number of nitrogens with zero attached hydrogens (tertiary/aromatic N) is 2. The van der Waals surface area contributed by atoms with Crippen LogP contribution in [0.2, 0.25) is 5.02 Å². The van der Waals surface area contributed by atoms with Crippen molar-refractivity contribution in [1.29, 1.82) is 0 Å². The molecule has 2 aromatic heterocycles. The van der Waals surface area contributed by atoms with Crippen LogP contribution >= 0.6 is 34.7 Å². The maximum absolute atomic E-state index is 13.8. The lowest BCUT2D eigenvalue weighted by atomic mass is 9.97. The number of rotatable bonds is 5. The van der Waals surface area contributed by atoms with Gasteiger partial charge >= 0.3 is 0 Å². The lowest BCUT2D eigenvalue weighted by molar-refractivity contribution is 0.414. The standard InChI is InChI=1S/C24H21ClN2O2S2/c1-29-17-12-10-16(11-13-17)27-23(28)21-18-7-3-5-9-20(18)31-22(21)26-24(27)30-14-15-6-2-4-8-19(15)25/h2,4,6,8,10-13H,3,5,7,9,14H2,1H3. The molecule has 31 heavy (non-hydrogen) atoms. The van der Waals surface area contributed by atoms with E-state index < -0.39 is 0 Å². The van der Waals surface area contributed by atoms with Gasteiger partial charge in [-0.15, -0.1) is 11.3 Å². The van der Waals surface area contributed by atoms with Crippen LogP contribution in [-0.4, -0.2) is 16.7 Å². The Kier molecular flexibility index (Phi) is 5.78. The molecule has 0 amide bonds. The second-order valence-electron chi connectivity index (χ2n) is 7.50. The van der Waals surface area contributed by atoms with Crippen molar-refractivity contribution in [1.82, 2.24) is 9.55 Å². The summed E-state index contributed by atoms with van der Waals surface area (Å²) in [6.07, 6.45) is 4.31. The van der Waals surface area contributed by atoms with Gasteiger partial charge in [-0.3, -0.25) is 9.36 Å². The van der Waals surface area contributed by atoms with E-state index in [1.807, 2.05) is 48.5 Å². The highest BCUT2D eigenvalue weighted by Crippen LogP contribution is 2.36. The van der Waals surface area contributed by atoms with Crippen LogP contribution in [0.4, 0.5) is 0 Å². The number of aryl methyl sites for hydroxylation is 2. The molecule has 0 saturated carbocycles. The van der Waals surface area contributed by atoms with Crippen molar-refractivity contribution in [3.63, 3.8) is 0 Å². The van der Waals surface area contributed by atoms with E-state index in [0.717, 1.165) is 51.5 Å². The molecule has 7 heteroatoms. The Labute approximate surface area is 193 Å². The number of thioether (sulfide) groups is 1. The molecule has 0 saturated heterocycles. The third kappa shape index (κ3) is 3.88. The van der Waals surface area contributed by atoms with E-state index in [2.05, 4.69) is 0 Å². The molecule has 0 fully saturated rings. The van der Waals surface area contributed by atoms with Crippen molar-refractivity contribution in [2.45, 2.75) is 36.6 Å². The van der Waals surface area contributed by atoms with Gasteiger partial charge in [0.2, 0.25) is 0 Å². The monoisotopic (exact) mass is 468 g/mol. The first-order valence-electron chi connectivity index (χ1n) is 10.2. The highest BCUT2D eigenvalue weighted by atomic mass is 35.5. The normalized spacial score (nSPS) is 13.4. The summed E-state index contributed by atoms with van der Waals surface area (Å²) in [6.45, 7) is 0. The van der Waals surface area contributed by atoms with Gasteiger partial charge in [0.25, 0.3) is 5.56 Å². The molecule has 1 aliphatic carbocycles. The van der Waals surface area contributed by atoms with Gasteiger partial charge in [-0.05, 0) is 67.1 Å². The smallest absolute Gasteiger partial charge is 0.267 e. The van der Waals surface area contributed by atoms with E-state index in [1.54, 1.807) is 23.0 Å². The molecule has 158 valence electrons. The quantitative estimate of drug-likeness (QED) is 0.255. The molecule has 0 N–H and O–H groups in total. The minimum absolute atomic E-state index is 0.0104. The number of ether oxygens (including phenoxy) is 1. The van der Waals surface area contributed by atoms with Crippen molar-refractivity contribution in [3.8, 4) is 11.4 Å². The summed E-state index contributed by atoms with van der Waals surface area (Å²) in [5.41, 5.74) is 3.03. The van der Waals surface area contributed by atoms with Crippen molar-refractivity contribution in [2.24, 2.45) is 0 Å². The van der Waals surface area contributed by atoms with Crippen molar-refractivity contribution < 1.29 is 4.74 Å². The summed E-state index contributed by atoms with van der Waals surface area (Å²) < 4.78 is 7.04. The number of aromatic nitrogens is 2. The first-order chi connectivity index (χ1) is 15.2. The minimum Gasteiger partial charge on any atom is -0.497 e. The van der Waals surface area contributed by atoms with E-state index in [0.29, 0.717) is 10.9 Å². The molecular formula is C24H21ClN2O2S2. The number of thiophene rings is 1. The Morgan fingerprint density at radius 3 is 2.68 bits per heavy atom. The van der Waals surface area contributed by atoms with Crippen LogP contribution in [0, 0.1) is 0 Å². The minimum atomic E-state index is 0.0104. The van der Waals surface area contributed by atoms with Crippen molar-refractivity contribution in [2.75, 3.05) is 7.11 Å². The molecule has 0 unspecified atom stereocenters. The predicted molar refractivity (Wildman–Crippen MR) is 129 cm³/mol. The zero-order valence-electron chi connectivity index (χ0n) is 17.1. The second-order valence-corrected chi connectivity index (χ2v) is 9.94. The largest absolute Gasteiger partial charge is 0.497 e. The van der Waals surface area contributed by atoms with E-state index in [9.17, 15) is 4.79 Å². The summed E-state index contributed by atoms with van der Waals surface area (Å²) >= 11 is 9.58. The van der Waals surface area contributed by atoms with Gasteiger partial charge < -0.3 is 4.74 Å². The predicted octanol–water partition coefficient (Wildman–Crippen LogP) is 6.28. The Hall–Kier alpha value is -2.28. The highest BCUT2D eigenvalue weighted by molar-refractivity contribution is 7.98. The lowest BCUT2D eigenvalue weighted by Crippen LogP contribution is -2.22. The van der Waals surface area contributed by atoms with Crippen LogP contribution in [0.1, 0.15) is 28.8 Å². The van der Waals surface area contributed by atoms with Gasteiger partial charge in [0.05, 0.1) is 18.2 Å². The molecule has 0 bridgehead atoms. The number of fused-ring (bicyclic) bond motifs is 3. The third-order valence-corrected chi connectivity index (χ3v) is 8.15. The molecular weight excluding hydrogens is 448 g/mol. The van der Waals surface area contributed by atoms with E-state index >= 15 is 0 Å². The molecule has 2 heterocycles. The summed E-state index contributed by atoms with van der Waals surface area (Å²) in [4.78, 5) is 20.9. The zero-order valence-corrected chi connectivity index (χ0v) is 19.4. The van der Waals surface area contributed by atoms with Crippen molar-refractivity contribution in [3.05, 3.63) is 79.9 Å².